The Morgan fingerprint density at radius 3 is 2.90 bits per heavy atom. The average molecular weight is 292 g/mol. The van der Waals surface area contributed by atoms with Gasteiger partial charge in [-0.25, -0.2) is 0 Å². The first kappa shape index (κ1) is 15.6. The molecule has 0 spiro atoms. The fourth-order valence-electron chi connectivity index (χ4n) is 2.15. The molecule has 0 fully saturated rings. The molecule has 1 aromatic carbocycles. The molecular formula is C16H24N2O3. The van der Waals surface area contributed by atoms with E-state index in [1.54, 1.807) is 0 Å². The molecule has 0 aliphatic carbocycles. The van der Waals surface area contributed by atoms with Gasteiger partial charge in [-0.15, -0.1) is 0 Å². The van der Waals surface area contributed by atoms with Crippen LogP contribution in [0.15, 0.2) is 18.2 Å². The maximum atomic E-state index is 11.9. The third-order valence-corrected chi connectivity index (χ3v) is 3.52. The van der Waals surface area contributed by atoms with Gasteiger partial charge in [-0.3, -0.25) is 4.79 Å². The van der Waals surface area contributed by atoms with Gasteiger partial charge in [0.1, 0.15) is 0 Å². The zero-order valence-corrected chi connectivity index (χ0v) is 12.8. The lowest BCUT2D eigenvalue weighted by Gasteiger charge is -2.14. The highest BCUT2D eigenvalue weighted by molar-refractivity contribution is 5.81. The number of nitrogens with one attached hydrogen (secondary N) is 2. The second-order valence-electron chi connectivity index (χ2n) is 5.29. The van der Waals surface area contributed by atoms with Crippen molar-refractivity contribution in [3.05, 3.63) is 23.8 Å². The van der Waals surface area contributed by atoms with Crippen LogP contribution in [-0.4, -0.2) is 25.3 Å². The molecular weight excluding hydrogens is 268 g/mol. The van der Waals surface area contributed by atoms with Gasteiger partial charge in [0.25, 0.3) is 0 Å². The number of ether oxygens (including phenoxy) is 2. The van der Waals surface area contributed by atoms with E-state index in [1.807, 2.05) is 25.1 Å². The lowest BCUT2D eigenvalue weighted by molar-refractivity contribution is -0.122. The molecule has 1 heterocycles. The molecule has 2 rings (SSSR count). The summed E-state index contributed by atoms with van der Waals surface area (Å²) in [4.78, 5) is 11.9. The summed E-state index contributed by atoms with van der Waals surface area (Å²) < 4.78 is 10.6. The normalized spacial score (nSPS) is 14.0. The Morgan fingerprint density at radius 1 is 1.29 bits per heavy atom. The van der Waals surface area contributed by atoms with Crippen molar-refractivity contribution in [3.8, 4) is 11.5 Å². The van der Waals surface area contributed by atoms with Crippen molar-refractivity contribution < 1.29 is 14.3 Å². The van der Waals surface area contributed by atoms with Gasteiger partial charge in [0, 0.05) is 13.1 Å². The minimum Gasteiger partial charge on any atom is -0.454 e. The highest BCUT2D eigenvalue weighted by atomic mass is 16.7. The standard InChI is InChI=1S/C16H24N2O3/c1-3-4-5-8-17-16(19)12(2)18-10-13-6-7-14-15(9-13)21-11-20-14/h6-7,9,12,18H,3-5,8,10-11H2,1-2H3,(H,17,19). The molecule has 1 amide bonds. The molecule has 21 heavy (non-hydrogen) atoms. The van der Waals surface area contributed by atoms with Crippen LogP contribution in [-0.2, 0) is 11.3 Å². The van der Waals surface area contributed by atoms with Gasteiger partial charge in [0.05, 0.1) is 6.04 Å². The second kappa shape index (κ2) is 7.88. The molecule has 5 heteroatoms. The van der Waals surface area contributed by atoms with E-state index in [2.05, 4.69) is 17.6 Å². The highest BCUT2D eigenvalue weighted by Gasteiger charge is 2.15. The maximum absolute atomic E-state index is 11.9. The third kappa shape index (κ3) is 4.63. The molecule has 0 saturated heterocycles. The fraction of sp³-hybridized carbons (Fsp3) is 0.562. The van der Waals surface area contributed by atoms with Crippen molar-refractivity contribution >= 4 is 5.91 Å². The molecule has 1 atom stereocenters. The molecule has 0 bridgehead atoms. The summed E-state index contributed by atoms with van der Waals surface area (Å²) in [5, 5.41) is 6.17. The van der Waals surface area contributed by atoms with Gasteiger partial charge in [-0.1, -0.05) is 25.8 Å². The number of amides is 1. The van der Waals surface area contributed by atoms with E-state index < -0.39 is 0 Å². The van der Waals surface area contributed by atoms with E-state index >= 15 is 0 Å². The number of hydrogen-bond donors (Lipinski definition) is 2. The van der Waals surface area contributed by atoms with Crippen molar-refractivity contribution in [2.75, 3.05) is 13.3 Å². The summed E-state index contributed by atoms with van der Waals surface area (Å²) in [6, 6.07) is 5.61. The lowest BCUT2D eigenvalue weighted by Crippen LogP contribution is -2.42. The van der Waals surface area contributed by atoms with E-state index in [9.17, 15) is 4.79 Å². The van der Waals surface area contributed by atoms with Gasteiger partial charge >= 0.3 is 0 Å². The van der Waals surface area contributed by atoms with E-state index in [1.165, 1.54) is 0 Å². The van der Waals surface area contributed by atoms with E-state index in [0.717, 1.165) is 42.9 Å². The third-order valence-electron chi connectivity index (χ3n) is 3.52. The van der Waals surface area contributed by atoms with Gasteiger partial charge in [-0.2, -0.15) is 0 Å². The molecule has 2 N–H and O–H groups in total. The number of fused-ring (bicyclic) bond motifs is 1. The zero-order chi connectivity index (χ0) is 15.1. The molecule has 0 aromatic heterocycles. The summed E-state index contributed by atoms with van der Waals surface area (Å²) in [5.74, 6) is 1.60. The Morgan fingerprint density at radius 2 is 2.10 bits per heavy atom. The number of hydrogen-bond acceptors (Lipinski definition) is 4. The van der Waals surface area contributed by atoms with E-state index in [0.29, 0.717) is 6.54 Å². The Bertz CT molecular complexity index is 477. The Kier molecular flexibility index (Phi) is 5.87. The summed E-state index contributed by atoms with van der Waals surface area (Å²) in [7, 11) is 0. The first-order valence-corrected chi connectivity index (χ1v) is 7.60. The van der Waals surface area contributed by atoms with Crippen molar-refractivity contribution in [3.63, 3.8) is 0 Å². The van der Waals surface area contributed by atoms with Crippen molar-refractivity contribution in [2.24, 2.45) is 0 Å². The predicted octanol–water partition coefficient (Wildman–Crippen LogP) is 2.20. The first-order chi connectivity index (χ1) is 10.2. The number of rotatable bonds is 8. The number of carbonyl (C=O) groups is 1. The highest BCUT2D eigenvalue weighted by Crippen LogP contribution is 2.32. The average Bonchev–Trinajstić information content (AvgIpc) is 2.96. The molecule has 116 valence electrons. The summed E-state index contributed by atoms with van der Waals surface area (Å²) in [5.41, 5.74) is 1.07. The van der Waals surface area contributed by atoms with Crippen molar-refractivity contribution in [1.82, 2.24) is 10.6 Å². The first-order valence-electron chi connectivity index (χ1n) is 7.60. The number of unbranched alkanes of at least 4 members (excludes halogenated alkanes) is 2. The van der Waals surface area contributed by atoms with Gasteiger partial charge < -0.3 is 20.1 Å². The van der Waals surface area contributed by atoms with Crippen molar-refractivity contribution in [1.29, 1.82) is 0 Å². The van der Waals surface area contributed by atoms with Crippen LogP contribution >= 0.6 is 0 Å². The van der Waals surface area contributed by atoms with Crippen LogP contribution in [0.5, 0.6) is 11.5 Å². The van der Waals surface area contributed by atoms with Crippen LogP contribution in [0, 0.1) is 0 Å². The van der Waals surface area contributed by atoms with Crippen LogP contribution in [0.1, 0.15) is 38.7 Å². The van der Waals surface area contributed by atoms with E-state index in [-0.39, 0.29) is 18.7 Å². The molecule has 1 aliphatic heterocycles. The Balaban J connectivity index is 1.73. The molecule has 1 aromatic rings. The van der Waals surface area contributed by atoms with Gasteiger partial charge in [-0.05, 0) is 31.0 Å². The largest absolute Gasteiger partial charge is 0.454 e. The summed E-state index contributed by atoms with van der Waals surface area (Å²) in [6.45, 7) is 5.69. The topological polar surface area (TPSA) is 59.6 Å². The van der Waals surface area contributed by atoms with Gasteiger partial charge in [0.2, 0.25) is 12.7 Å². The quantitative estimate of drug-likeness (QED) is 0.721. The predicted molar refractivity (Wildman–Crippen MR) is 81.4 cm³/mol. The zero-order valence-electron chi connectivity index (χ0n) is 12.8. The smallest absolute Gasteiger partial charge is 0.236 e. The van der Waals surface area contributed by atoms with Crippen LogP contribution in [0.3, 0.4) is 0 Å². The lowest BCUT2D eigenvalue weighted by atomic mass is 10.2. The molecule has 1 unspecified atom stereocenters. The fourth-order valence-corrected chi connectivity index (χ4v) is 2.15. The van der Waals surface area contributed by atoms with Crippen LogP contribution < -0.4 is 20.1 Å². The van der Waals surface area contributed by atoms with Crippen LogP contribution in [0.4, 0.5) is 0 Å². The maximum Gasteiger partial charge on any atom is 0.236 e. The summed E-state index contributed by atoms with van der Waals surface area (Å²) in [6.07, 6.45) is 3.35. The Labute approximate surface area is 126 Å². The van der Waals surface area contributed by atoms with Crippen LogP contribution in [0.25, 0.3) is 0 Å². The Hall–Kier alpha value is -1.75. The summed E-state index contributed by atoms with van der Waals surface area (Å²) >= 11 is 0. The SMILES string of the molecule is CCCCCNC(=O)C(C)NCc1ccc2c(c1)OCO2. The second-order valence-corrected chi connectivity index (χ2v) is 5.29. The molecule has 0 radical (unpaired) electrons. The van der Waals surface area contributed by atoms with Crippen LogP contribution in [0.2, 0.25) is 0 Å². The van der Waals surface area contributed by atoms with E-state index in [4.69, 9.17) is 9.47 Å². The number of carbonyl (C=O) groups excluding carboxylic acids is 1. The minimum absolute atomic E-state index is 0.0480. The molecule has 1 aliphatic rings. The molecule has 5 nitrogen and oxygen atoms in total. The van der Waals surface area contributed by atoms with Gasteiger partial charge in [0.15, 0.2) is 11.5 Å². The molecule has 0 saturated carbocycles. The monoisotopic (exact) mass is 292 g/mol. The van der Waals surface area contributed by atoms with Crippen molar-refractivity contribution in [2.45, 2.75) is 45.7 Å². The number of benzene rings is 1. The minimum atomic E-state index is -0.211.